The first-order valence-electron chi connectivity index (χ1n) is 6.69. The van der Waals surface area contributed by atoms with Crippen LogP contribution in [0, 0.1) is 5.92 Å². The fourth-order valence-corrected chi connectivity index (χ4v) is 2.56. The van der Waals surface area contributed by atoms with Crippen LogP contribution in [0.1, 0.15) is 31.2 Å². The Hall–Kier alpha value is -1.93. The van der Waals surface area contributed by atoms with Crippen molar-refractivity contribution in [2.45, 2.75) is 25.7 Å². The van der Waals surface area contributed by atoms with Gasteiger partial charge in [0.1, 0.15) is 5.75 Å². The normalized spacial score (nSPS) is 16.2. The highest BCUT2D eigenvalue weighted by atomic mass is 16.5. The van der Waals surface area contributed by atoms with Gasteiger partial charge >= 0.3 is 0 Å². The van der Waals surface area contributed by atoms with Crippen LogP contribution < -0.4 is 4.74 Å². The first-order chi connectivity index (χ1) is 9.33. The molecule has 0 heterocycles. The van der Waals surface area contributed by atoms with Gasteiger partial charge in [0.05, 0.1) is 13.7 Å². The van der Waals surface area contributed by atoms with E-state index < -0.39 is 0 Å². The Morgan fingerprint density at radius 3 is 2.63 bits per heavy atom. The van der Waals surface area contributed by atoms with Crippen LogP contribution in [-0.2, 0) is 0 Å². The molecular weight excluding hydrogens is 238 g/mol. The summed E-state index contributed by atoms with van der Waals surface area (Å²) in [6.07, 6.45) is 7.38. The minimum Gasteiger partial charge on any atom is -0.497 e. The number of rotatable bonds is 5. The molecule has 100 valence electrons. The summed E-state index contributed by atoms with van der Waals surface area (Å²) in [6.45, 7) is 0.416. The van der Waals surface area contributed by atoms with E-state index in [0.717, 1.165) is 16.9 Å². The van der Waals surface area contributed by atoms with Crippen molar-refractivity contribution < 1.29 is 4.74 Å². The monoisotopic (exact) mass is 257 g/mol. The maximum atomic E-state index is 8.52. The van der Waals surface area contributed by atoms with Crippen LogP contribution in [0.3, 0.4) is 0 Å². The number of methoxy groups -OCH3 is 1. The molecule has 4 nitrogen and oxygen atoms in total. The number of hydrogen-bond acceptors (Lipinski definition) is 2. The molecule has 4 heteroatoms. The number of nitrogens with zero attached hydrogens (tertiary/aromatic N) is 3. The Labute approximate surface area is 113 Å². The SMILES string of the molecule is COc1ccc(/C(=C/C2CCCC2)CN=[N+]=[N-])cc1. The molecule has 0 aliphatic heterocycles. The number of allylic oxidation sites excluding steroid dienone is 1. The molecule has 1 fully saturated rings. The number of azide groups is 1. The Morgan fingerprint density at radius 1 is 1.37 bits per heavy atom. The van der Waals surface area contributed by atoms with Gasteiger partial charge in [0.15, 0.2) is 0 Å². The van der Waals surface area contributed by atoms with E-state index in [4.69, 9.17) is 10.3 Å². The van der Waals surface area contributed by atoms with Crippen LogP contribution in [0.25, 0.3) is 16.0 Å². The first-order valence-corrected chi connectivity index (χ1v) is 6.69. The first kappa shape index (κ1) is 13.5. The third-order valence-corrected chi connectivity index (χ3v) is 3.60. The molecule has 0 bridgehead atoms. The van der Waals surface area contributed by atoms with Gasteiger partial charge in [-0.2, -0.15) is 0 Å². The van der Waals surface area contributed by atoms with Crippen molar-refractivity contribution in [2.24, 2.45) is 11.0 Å². The summed E-state index contributed by atoms with van der Waals surface area (Å²) in [7, 11) is 1.66. The molecule has 0 N–H and O–H groups in total. The molecule has 0 atom stereocenters. The topological polar surface area (TPSA) is 58.0 Å². The van der Waals surface area contributed by atoms with Gasteiger partial charge in [-0.1, -0.05) is 36.2 Å². The molecule has 0 amide bonds. The van der Waals surface area contributed by atoms with Gasteiger partial charge in [0.2, 0.25) is 0 Å². The highest BCUT2D eigenvalue weighted by Crippen LogP contribution is 2.29. The largest absolute Gasteiger partial charge is 0.497 e. The highest BCUT2D eigenvalue weighted by molar-refractivity contribution is 5.67. The van der Waals surface area contributed by atoms with Crippen molar-refractivity contribution in [3.63, 3.8) is 0 Å². The summed E-state index contributed by atoms with van der Waals surface area (Å²) in [5.41, 5.74) is 10.7. The van der Waals surface area contributed by atoms with Crippen LogP contribution >= 0.6 is 0 Å². The Balaban J connectivity index is 2.21. The summed E-state index contributed by atoms with van der Waals surface area (Å²) < 4.78 is 5.16. The Kier molecular flexibility index (Phi) is 4.87. The van der Waals surface area contributed by atoms with Crippen LogP contribution in [0.5, 0.6) is 5.75 Å². The number of hydrogen-bond donors (Lipinski definition) is 0. The lowest BCUT2D eigenvalue weighted by Gasteiger charge is -2.09. The third kappa shape index (κ3) is 3.76. The molecule has 0 aromatic heterocycles. The van der Waals surface area contributed by atoms with E-state index in [9.17, 15) is 0 Å². The van der Waals surface area contributed by atoms with Gasteiger partial charge in [-0.3, -0.25) is 0 Å². The average Bonchev–Trinajstić information content (AvgIpc) is 2.96. The minimum absolute atomic E-state index is 0.416. The van der Waals surface area contributed by atoms with E-state index in [1.807, 2.05) is 24.3 Å². The maximum absolute atomic E-state index is 8.52. The molecule has 0 saturated heterocycles. The van der Waals surface area contributed by atoms with Crippen molar-refractivity contribution in [1.29, 1.82) is 0 Å². The van der Waals surface area contributed by atoms with E-state index in [1.165, 1.54) is 25.7 Å². The molecule has 2 rings (SSSR count). The summed E-state index contributed by atoms with van der Waals surface area (Å²) in [6, 6.07) is 7.92. The van der Waals surface area contributed by atoms with Gasteiger partial charge in [-0.15, -0.1) is 0 Å². The number of ether oxygens (including phenoxy) is 1. The minimum atomic E-state index is 0.416. The lowest BCUT2D eigenvalue weighted by molar-refractivity contribution is 0.415. The second kappa shape index (κ2) is 6.86. The summed E-state index contributed by atoms with van der Waals surface area (Å²) >= 11 is 0. The van der Waals surface area contributed by atoms with Crippen molar-refractivity contribution in [1.82, 2.24) is 0 Å². The molecule has 1 saturated carbocycles. The molecule has 1 aliphatic carbocycles. The highest BCUT2D eigenvalue weighted by Gasteiger charge is 2.14. The summed E-state index contributed by atoms with van der Waals surface area (Å²) in [4.78, 5) is 2.87. The molecule has 0 spiro atoms. The average molecular weight is 257 g/mol. The maximum Gasteiger partial charge on any atom is 0.118 e. The fraction of sp³-hybridized carbons (Fsp3) is 0.467. The van der Waals surface area contributed by atoms with Gasteiger partial charge < -0.3 is 4.74 Å². The van der Waals surface area contributed by atoms with Crippen LogP contribution in [0.2, 0.25) is 0 Å². The fourth-order valence-electron chi connectivity index (χ4n) is 2.56. The zero-order valence-electron chi connectivity index (χ0n) is 11.2. The summed E-state index contributed by atoms with van der Waals surface area (Å²) in [5, 5.41) is 3.71. The smallest absolute Gasteiger partial charge is 0.118 e. The molecule has 1 aromatic carbocycles. The lowest BCUT2D eigenvalue weighted by Crippen LogP contribution is -1.95. The Morgan fingerprint density at radius 2 is 2.05 bits per heavy atom. The zero-order valence-corrected chi connectivity index (χ0v) is 11.2. The Bertz CT molecular complexity index is 481. The van der Waals surface area contributed by atoms with Crippen molar-refractivity contribution >= 4 is 5.57 Å². The van der Waals surface area contributed by atoms with E-state index >= 15 is 0 Å². The standard InChI is InChI=1S/C15H19N3O/c1-19-15-8-6-13(7-9-15)14(11-17-18-16)10-12-4-2-3-5-12/h6-10,12H,2-5,11H2,1H3/b14-10+. The van der Waals surface area contributed by atoms with Crippen LogP contribution in [0.15, 0.2) is 35.5 Å². The molecule has 1 aliphatic rings. The zero-order chi connectivity index (χ0) is 13.5. The quantitative estimate of drug-likeness (QED) is 0.432. The molecule has 0 radical (unpaired) electrons. The lowest BCUT2D eigenvalue weighted by atomic mass is 9.99. The van der Waals surface area contributed by atoms with E-state index in [-0.39, 0.29) is 0 Å². The summed E-state index contributed by atoms with van der Waals surface area (Å²) in [5.74, 6) is 1.47. The van der Waals surface area contributed by atoms with Gasteiger partial charge in [-0.05, 0) is 47.6 Å². The second-order valence-electron chi connectivity index (χ2n) is 4.85. The predicted molar refractivity (Wildman–Crippen MR) is 76.9 cm³/mol. The van der Waals surface area contributed by atoms with Crippen molar-refractivity contribution in [2.75, 3.05) is 13.7 Å². The van der Waals surface area contributed by atoms with E-state index in [1.54, 1.807) is 7.11 Å². The molecular formula is C15H19N3O. The molecule has 19 heavy (non-hydrogen) atoms. The molecule has 0 unspecified atom stereocenters. The van der Waals surface area contributed by atoms with Gasteiger partial charge in [-0.25, -0.2) is 0 Å². The van der Waals surface area contributed by atoms with Crippen LogP contribution in [0.4, 0.5) is 0 Å². The van der Waals surface area contributed by atoms with Gasteiger partial charge in [0, 0.05) is 4.91 Å². The van der Waals surface area contributed by atoms with Crippen LogP contribution in [-0.4, -0.2) is 13.7 Å². The predicted octanol–water partition coefficient (Wildman–Crippen LogP) is 4.58. The second-order valence-corrected chi connectivity index (χ2v) is 4.85. The van der Waals surface area contributed by atoms with E-state index in [0.29, 0.717) is 12.5 Å². The molecule has 1 aromatic rings. The van der Waals surface area contributed by atoms with Crippen molar-refractivity contribution in [3.05, 3.63) is 46.3 Å². The third-order valence-electron chi connectivity index (χ3n) is 3.60. The number of benzene rings is 1. The van der Waals surface area contributed by atoms with Gasteiger partial charge in [0.25, 0.3) is 0 Å². The van der Waals surface area contributed by atoms with E-state index in [2.05, 4.69) is 16.1 Å². The van der Waals surface area contributed by atoms with Crippen molar-refractivity contribution in [3.8, 4) is 5.75 Å².